The van der Waals surface area contributed by atoms with Crippen LogP contribution in [-0.2, 0) is 6.42 Å². The molecule has 17 heavy (non-hydrogen) atoms. The van der Waals surface area contributed by atoms with Crippen molar-refractivity contribution in [3.8, 4) is 0 Å². The summed E-state index contributed by atoms with van der Waals surface area (Å²) in [6.07, 6.45) is 1.04. The first kappa shape index (κ1) is 12.1. The maximum Gasteiger partial charge on any atom is 0.0647 e. The Bertz CT molecular complexity index is 466. The fraction of sp³-hybridized carbons (Fsp3) is 0.250. The van der Waals surface area contributed by atoms with Gasteiger partial charge < -0.3 is 0 Å². The van der Waals surface area contributed by atoms with Crippen molar-refractivity contribution in [3.05, 3.63) is 65.2 Å². The molecule has 0 aliphatic heterocycles. The highest BCUT2D eigenvalue weighted by atomic mass is 28.3. The molecule has 0 aromatic heterocycles. The highest BCUT2D eigenvalue weighted by Crippen LogP contribution is 2.09. The van der Waals surface area contributed by atoms with Crippen LogP contribution in [0.25, 0.3) is 0 Å². The number of hydrogen-bond donors (Lipinski definition) is 0. The summed E-state index contributed by atoms with van der Waals surface area (Å²) in [5.41, 5.74) is 4.13. The standard InChI is InChI=1S/C16H20Si/c1-13-4-6-14(7-5-13)12-15-8-10-16(11-9-15)17(2)3/h4-11,17H,12H2,1-3H3. The van der Waals surface area contributed by atoms with E-state index in [0.29, 0.717) is 0 Å². The Hall–Kier alpha value is -1.34. The van der Waals surface area contributed by atoms with Gasteiger partial charge in [0.2, 0.25) is 0 Å². The van der Waals surface area contributed by atoms with Crippen molar-refractivity contribution >= 4 is 14.0 Å². The van der Waals surface area contributed by atoms with Gasteiger partial charge in [-0.1, -0.05) is 72.4 Å². The highest BCUT2D eigenvalue weighted by molar-refractivity contribution is 6.70. The van der Waals surface area contributed by atoms with Gasteiger partial charge in [-0.25, -0.2) is 0 Å². The summed E-state index contributed by atoms with van der Waals surface area (Å²) in [5.74, 6) is 0. The van der Waals surface area contributed by atoms with Crippen LogP contribution in [0, 0.1) is 6.92 Å². The molecule has 88 valence electrons. The third-order valence-corrected chi connectivity index (χ3v) is 4.89. The summed E-state index contributed by atoms with van der Waals surface area (Å²) in [6.45, 7) is 6.87. The van der Waals surface area contributed by atoms with Crippen LogP contribution in [0.2, 0.25) is 13.1 Å². The first-order valence-electron chi connectivity index (χ1n) is 6.29. The van der Waals surface area contributed by atoms with Crippen LogP contribution in [0.3, 0.4) is 0 Å². The minimum Gasteiger partial charge on any atom is -0.0682 e. The zero-order valence-corrected chi connectivity index (χ0v) is 12.1. The van der Waals surface area contributed by atoms with Crippen LogP contribution < -0.4 is 5.19 Å². The molecule has 0 saturated carbocycles. The van der Waals surface area contributed by atoms with Crippen LogP contribution in [0.15, 0.2) is 48.5 Å². The van der Waals surface area contributed by atoms with Crippen LogP contribution in [0.5, 0.6) is 0 Å². The van der Waals surface area contributed by atoms with E-state index >= 15 is 0 Å². The number of rotatable bonds is 3. The second-order valence-electron chi connectivity index (χ2n) is 5.06. The topological polar surface area (TPSA) is 0 Å². The van der Waals surface area contributed by atoms with Gasteiger partial charge >= 0.3 is 0 Å². The molecule has 0 bridgehead atoms. The van der Waals surface area contributed by atoms with Crippen molar-refractivity contribution in [2.45, 2.75) is 26.4 Å². The van der Waals surface area contributed by atoms with Crippen molar-refractivity contribution in [1.82, 2.24) is 0 Å². The molecular formula is C16H20Si. The fourth-order valence-corrected chi connectivity index (χ4v) is 2.92. The Morgan fingerprint density at radius 1 is 0.765 bits per heavy atom. The summed E-state index contributed by atoms with van der Waals surface area (Å²) in [4.78, 5) is 0. The Morgan fingerprint density at radius 3 is 1.71 bits per heavy atom. The lowest BCUT2D eigenvalue weighted by Gasteiger charge is -2.06. The summed E-state index contributed by atoms with van der Waals surface area (Å²) in [5, 5.41) is 1.55. The number of hydrogen-bond acceptors (Lipinski definition) is 0. The van der Waals surface area contributed by atoms with Crippen molar-refractivity contribution < 1.29 is 0 Å². The van der Waals surface area contributed by atoms with Crippen molar-refractivity contribution in [3.63, 3.8) is 0 Å². The maximum absolute atomic E-state index is 2.37. The molecule has 2 aromatic carbocycles. The number of aryl methyl sites for hydroxylation is 1. The third-order valence-electron chi connectivity index (χ3n) is 3.18. The fourth-order valence-electron chi connectivity index (χ4n) is 1.96. The van der Waals surface area contributed by atoms with Gasteiger partial charge in [-0.3, -0.25) is 0 Å². The second-order valence-corrected chi connectivity index (χ2v) is 8.03. The quantitative estimate of drug-likeness (QED) is 0.722. The van der Waals surface area contributed by atoms with Gasteiger partial charge in [0.15, 0.2) is 0 Å². The number of benzene rings is 2. The molecule has 0 heterocycles. The Morgan fingerprint density at radius 2 is 1.24 bits per heavy atom. The average molecular weight is 240 g/mol. The molecule has 0 atom stereocenters. The van der Waals surface area contributed by atoms with E-state index in [4.69, 9.17) is 0 Å². The summed E-state index contributed by atoms with van der Waals surface area (Å²) in [6, 6.07) is 18.0. The molecule has 0 N–H and O–H groups in total. The van der Waals surface area contributed by atoms with E-state index in [1.54, 1.807) is 5.19 Å². The molecule has 0 spiro atoms. The van der Waals surface area contributed by atoms with Gasteiger partial charge in [0.25, 0.3) is 0 Å². The minimum atomic E-state index is -0.641. The monoisotopic (exact) mass is 240 g/mol. The van der Waals surface area contributed by atoms with Crippen LogP contribution in [-0.4, -0.2) is 8.80 Å². The van der Waals surface area contributed by atoms with Crippen LogP contribution >= 0.6 is 0 Å². The predicted octanol–water partition coefficient (Wildman–Crippen LogP) is 3.28. The molecule has 2 aromatic rings. The first-order valence-corrected chi connectivity index (χ1v) is 9.18. The molecule has 0 aliphatic rings. The lowest BCUT2D eigenvalue weighted by Crippen LogP contribution is -2.21. The van der Waals surface area contributed by atoms with E-state index in [1.165, 1.54) is 16.7 Å². The highest BCUT2D eigenvalue weighted by Gasteiger charge is 2.01. The predicted molar refractivity (Wildman–Crippen MR) is 78.9 cm³/mol. The minimum absolute atomic E-state index is 0.641. The van der Waals surface area contributed by atoms with Gasteiger partial charge in [0, 0.05) is 0 Å². The zero-order valence-electron chi connectivity index (χ0n) is 10.9. The van der Waals surface area contributed by atoms with Crippen molar-refractivity contribution in [1.29, 1.82) is 0 Å². The van der Waals surface area contributed by atoms with Gasteiger partial charge in [0.1, 0.15) is 0 Å². The SMILES string of the molecule is Cc1ccc(Cc2ccc([SiH](C)C)cc2)cc1. The molecule has 0 aliphatic carbocycles. The van der Waals surface area contributed by atoms with Crippen LogP contribution in [0.4, 0.5) is 0 Å². The van der Waals surface area contributed by atoms with Crippen molar-refractivity contribution in [2.24, 2.45) is 0 Å². The molecular weight excluding hydrogens is 220 g/mol. The molecule has 0 amide bonds. The molecule has 0 fully saturated rings. The van der Waals surface area contributed by atoms with Crippen molar-refractivity contribution in [2.75, 3.05) is 0 Å². The normalized spacial score (nSPS) is 10.8. The van der Waals surface area contributed by atoms with Crippen LogP contribution in [0.1, 0.15) is 16.7 Å². The largest absolute Gasteiger partial charge is 0.0682 e. The molecule has 0 nitrogen and oxygen atoms in total. The smallest absolute Gasteiger partial charge is 0.0647 e. The van der Waals surface area contributed by atoms with Gasteiger partial charge in [-0.15, -0.1) is 0 Å². The maximum atomic E-state index is 2.37. The van der Waals surface area contributed by atoms with E-state index in [-0.39, 0.29) is 0 Å². The lowest BCUT2D eigenvalue weighted by molar-refractivity contribution is 1.19. The third kappa shape index (κ3) is 3.30. The zero-order chi connectivity index (χ0) is 12.3. The molecule has 0 saturated heterocycles. The second kappa shape index (κ2) is 5.33. The Labute approximate surface area is 106 Å². The molecule has 2 rings (SSSR count). The summed E-state index contributed by atoms with van der Waals surface area (Å²) >= 11 is 0. The summed E-state index contributed by atoms with van der Waals surface area (Å²) in [7, 11) is -0.641. The summed E-state index contributed by atoms with van der Waals surface area (Å²) < 4.78 is 0. The Kier molecular flexibility index (Phi) is 3.80. The average Bonchev–Trinajstić information content (AvgIpc) is 2.33. The van der Waals surface area contributed by atoms with Gasteiger partial charge in [-0.05, 0) is 24.5 Å². The van der Waals surface area contributed by atoms with E-state index in [1.807, 2.05) is 0 Å². The first-order chi connectivity index (χ1) is 8.15. The van der Waals surface area contributed by atoms with E-state index in [0.717, 1.165) is 6.42 Å². The Balaban J connectivity index is 2.11. The lowest BCUT2D eigenvalue weighted by atomic mass is 10.0. The molecule has 0 unspecified atom stereocenters. The molecule has 1 heteroatoms. The van der Waals surface area contributed by atoms with E-state index < -0.39 is 8.80 Å². The van der Waals surface area contributed by atoms with Gasteiger partial charge in [0.05, 0.1) is 8.80 Å². The molecule has 0 radical (unpaired) electrons. The van der Waals surface area contributed by atoms with E-state index in [2.05, 4.69) is 68.5 Å². The van der Waals surface area contributed by atoms with E-state index in [9.17, 15) is 0 Å². The van der Waals surface area contributed by atoms with Gasteiger partial charge in [-0.2, -0.15) is 0 Å².